The smallest absolute Gasteiger partial charge is 0.0971 e. The molecule has 0 unspecified atom stereocenters. The molecular weight excluding hydrogens is 129 g/mol. The molecule has 0 saturated carbocycles. The van der Waals surface area contributed by atoms with Crippen LogP contribution in [0.15, 0.2) is 23.6 Å². The first-order valence-corrected chi connectivity index (χ1v) is 3.43. The topological polar surface area (TPSA) is 26.0 Å². The number of hydrogen-bond donors (Lipinski definition) is 1. The summed E-state index contributed by atoms with van der Waals surface area (Å²) < 4.78 is 12.2. The van der Waals surface area contributed by atoms with Gasteiger partial charge in [0.2, 0.25) is 0 Å². The molecule has 10 heavy (non-hydrogen) atoms. The van der Waals surface area contributed by atoms with Crippen LogP contribution in [0.2, 0.25) is 0 Å². The molecule has 2 N–H and O–H groups in total. The monoisotopic (exact) mass is 143 g/mol. The number of rotatable bonds is 3. The Morgan fingerprint density at radius 2 is 2.20 bits per heavy atom. The highest BCUT2D eigenvalue weighted by molar-refractivity contribution is 5.21. The molecule has 0 aliphatic rings. The van der Waals surface area contributed by atoms with E-state index in [1.165, 1.54) is 13.0 Å². The molecule has 0 amide bonds. The van der Waals surface area contributed by atoms with E-state index in [1.54, 1.807) is 0 Å². The van der Waals surface area contributed by atoms with Gasteiger partial charge >= 0.3 is 0 Å². The summed E-state index contributed by atoms with van der Waals surface area (Å²) in [6, 6.07) is 0. The molecule has 0 aromatic carbocycles. The molecule has 0 saturated heterocycles. The third kappa shape index (κ3) is 4.27. The minimum absolute atomic E-state index is 0.190. The minimum Gasteiger partial charge on any atom is -0.327 e. The fourth-order valence-corrected chi connectivity index (χ4v) is 0.719. The maximum absolute atomic E-state index is 12.2. The van der Waals surface area contributed by atoms with E-state index in [-0.39, 0.29) is 5.83 Å². The van der Waals surface area contributed by atoms with Crippen molar-refractivity contribution in [2.45, 2.75) is 20.3 Å². The van der Waals surface area contributed by atoms with E-state index in [2.05, 4.69) is 0 Å². The van der Waals surface area contributed by atoms with Gasteiger partial charge < -0.3 is 5.73 Å². The molecule has 0 atom stereocenters. The Kier molecular flexibility index (Phi) is 4.85. The maximum atomic E-state index is 12.2. The van der Waals surface area contributed by atoms with Gasteiger partial charge in [-0.2, -0.15) is 0 Å². The summed E-state index contributed by atoms with van der Waals surface area (Å²) in [6.45, 7) is 3.82. The zero-order valence-corrected chi connectivity index (χ0v) is 6.52. The molecule has 0 rings (SSSR count). The van der Waals surface area contributed by atoms with Crippen LogP contribution in [0.5, 0.6) is 0 Å². The van der Waals surface area contributed by atoms with Crippen LogP contribution in [-0.2, 0) is 0 Å². The van der Waals surface area contributed by atoms with Crippen LogP contribution in [0.1, 0.15) is 20.3 Å². The lowest BCUT2D eigenvalue weighted by Gasteiger charge is -1.94. The Morgan fingerprint density at radius 1 is 1.60 bits per heavy atom. The van der Waals surface area contributed by atoms with E-state index >= 15 is 0 Å². The maximum Gasteiger partial charge on any atom is 0.0971 e. The number of allylic oxidation sites excluding steroid dienone is 2. The molecule has 58 valence electrons. The average Bonchev–Trinajstić information content (AvgIpc) is 1.86. The summed E-state index contributed by atoms with van der Waals surface area (Å²) >= 11 is 0. The van der Waals surface area contributed by atoms with E-state index in [4.69, 9.17) is 5.73 Å². The Balaban J connectivity index is 4.09. The van der Waals surface area contributed by atoms with Gasteiger partial charge in [-0.25, -0.2) is 4.39 Å². The van der Waals surface area contributed by atoms with Crippen molar-refractivity contribution in [3.8, 4) is 0 Å². The Labute approximate surface area is 61.4 Å². The highest BCUT2D eigenvalue weighted by Gasteiger charge is 1.88. The van der Waals surface area contributed by atoms with Gasteiger partial charge in [0, 0.05) is 6.54 Å². The quantitative estimate of drug-likeness (QED) is 0.602. The van der Waals surface area contributed by atoms with Crippen molar-refractivity contribution in [1.82, 2.24) is 0 Å². The largest absolute Gasteiger partial charge is 0.327 e. The highest BCUT2D eigenvalue weighted by Crippen LogP contribution is 2.02. The van der Waals surface area contributed by atoms with Crippen molar-refractivity contribution in [2.75, 3.05) is 6.54 Å². The number of halogens is 1. The molecule has 0 aliphatic carbocycles. The summed E-state index contributed by atoms with van der Waals surface area (Å²) in [7, 11) is 0. The van der Waals surface area contributed by atoms with E-state index in [9.17, 15) is 4.39 Å². The van der Waals surface area contributed by atoms with Crippen molar-refractivity contribution in [2.24, 2.45) is 5.73 Å². The van der Waals surface area contributed by atoms with Gasteiger partial charge in [0.05, 0.1) is 5.83 Å². The van der Waals surface area contributed by atoms with Crippen LogP contribution in [-0.4, -0.2) is 6.54 Å². The third-order valence-corrected chi connectivity index (χ3v) is 1.09. The van der Waals surface area contributed by atoms with Crippen molar-refractivity contribution in [1.29, 1.82) is 0 Å². The molecule has 0 aromatic rings. The summed E-state index contributed by atoms with van der Waals surface area (Å²) in [6.07, 6.45) is 4.28. The van der Waals surface area contributed by atoms with Gasteiger partial charge in [-0.05, 0) is 25.0 Å². The van der Waals surface area contributed by atoms with Gasteiger partial charge in [-0.1, -0.05) is 13.0 Å². The predicted molar refractivity (Wildman–Crippen MR) is 42.3 cm³/mol. The second-order valence-corrected chi connectivity index (χ2v) is 2.12. The molecule has 1 nitrogen and oxygen atoms in total. The fourth-order valence-electron chi connectivity index (χ4n) is 0.719. The van der Waals surface area contributed by atoms with Crippen LogP contribution in [0.4, 0.5) is 4.39 Å². The molecule has 0 aliphatic heterocycles. The second-order valence-electron chi connectivity index (χ2n) is 2.12. The van der Waals surface area contributed by atoms with E-state index in [0.29, 0.717) is 6.54 Å². The van der Waals surface area contributed by atoms with Crippen molar-refractivity contribution >= 4 is 0 Å². The van der Waals surface area contributed by atoms with Gasteiger partial charge in [-0.3, -0.25) is 0 Å². The Morgan fingerprint density at radius 3 is 2.50 bits per heavy atom. The SMILES string of the molecule is CC/C=C(\C=C(/C)F)CN. The average molecular weight is 143 g/mol. The van der Waals surface area contributed by atoms with Crippen molar-refractivity contribution in [3.63, 3.8) is 0 Å². The van der Waals surface area contributed by atoms with Crippen molar-refractivity contribution in [3.05, 3.63) is 23.6 Å². The molecule has 0 aromatic heterocycles. The van der Waals surface area contributed by atoms with Crippen LogP contribution in [0.25, 0.3) is 0 Å². The Bertz CT molecular complexity index is 143. The highest BCUT2D eigenvalue weighted by atomic mass is 19.1. The first kappa shape index (κ1) is 9.37. The summed E-state index contributed by atoms with van der Waals surface area (Å²) in [5, 5.41) is 0. The van der Waals surface area contributed by atoms with Gasteiger partial charge in [0.1, 0.15) is 0 Å². The zero-order valence-electron chi connectivity index (χ0n) is 6.52. The lowest BCUT2D eigenvalue weighted by Crippen LogP contribution is -2.00. The lowest BCUT2D eigenvalue weighted by atomic mass is 10.2. The normalized spacial score (nSPS) is 14.0. The van der Waals surface area contributed by atoms with Crippen LogP contribution < -0.4 is 5.73 Å². The Hall–Kier alpha value is -0.630. The standard InChI is InChI=1S/C8H14FN/c1-3-4-8(6-10)5-7(2)9/h4-5H,3,6,10H2,1-2H3/b7-5+,8-4+. The number of hydrogen-bond acceptors (Lipinski definition) is 1. The molecule has 2 heteroatoms. The molecular formula is C8H14FN. The summed E-state index contributed by atoms with van der Waals surface area (Å²) in [5.41, 5.74) is 6.19. The van der Waals surface area contributed by atoms with E-state index in [0.717, 1.165) is 12.0 Å². The zero-order chi connectivity index (χ0) is 7.98. The lowest BCUT2D eigenvalue weighted by molar-refractivity contribution is 0.639. The molecule has 0 fully saturated rings. The van der Waals surface area contributed by atoms with E-state index < -0.39 is 0 Å². The van der Waals surface area contributed by atoms with Crippen molar-refractivity contribution < 1.29 is 4.39 Å². The van der Waals surface area contributed by atoms with Crippen LogP contribution in [0.3, 0.4) is 0 Å². The van der Waals surface area contributed by atoms with Crippen LogP contribution >= 0.6 is 0 Å². The molecule has 0 spiro atoms. The fraction of sp³-hybridized carbons (Fsp3) is 0.500. The number of nitrogens with two attached hydrogens (primary N) is 1. The molecule has 0 bridgehead atoms. The molecule has 0 radical (unpaired) electrons. The minimum atomic E-state index is -0.190. The van der Waals surface area contributed by atoms with Gasteiger partial charge in [0.15, 0.2) is 0 Å². The van der Waals surface area contributed by atoms with Crippen LogP contribution in [0, 0.1) is 0 Å². The third-order valence-electron chi connectivity index (χ3n) is 1.09. The predicted octanol–water partition coefficient (Wildman–Crippen LogP) is 2.15. The van der Waals surface area contributed by atoms with Gasteiger partial charge in [-0.15, -0.1) is 0 Å². The molecule has 0 heterocycles. The van der Waals surface area contributed by atoms with E-state index in [1.807, 2.05) is 13.0 Å². The summed E-state index contributed by atoms with van der Waals surface area (Å²) in [5.74, 6) is -0.190. The summed E-state index contributed by atoms with van der Waals surface area (Å²) in [4.78, 5) is 0. The first-order valence-electron chi connectivity index (χ1n) is 3.43. The first-order chi connectivity index (χ1) is 4.70. The van der Waals surface area contributed by atoms with Gasteiger partial charge in [0.25, 0.3) is 0 Å². The second kappa shape index (κ2) is 5.18.